The van der Waals surface area contributed by atoms with Crippen LogP contribution < -0.4 is 0 Å². The number of hydrogen-bond donors (Lipinski definition) is 0. The summed E-state index contributed by atoms with van der Waals surface area (Å²) in [5, 5.41) is 0. The zero-order valence-electron chi connectivity index (χ0n) is 15.4. The van der Waals surface area contributed by atoms with E-state index in [1.165, 1.54) is 18.4 Å². The first kappa shape index (κ1) is 18.0. The van der Waals surface area contributed by atoms with Gasteiger partial charge in [-0.15, -0.1) is 0 Å². The van der Waals surface area contributed by atoms with Gasteiger partial charge in [0.2, 0.25) is 11.8 Å². The molecule has 4 heteroatoms. The van der Waals surface area contributed by atoms with Crippen LogP contribution in [-0.4, -0.2) is 47.8 Å². The second kappa shape index (κ2) is 8.50. The van der Waals surface area contributed by atoms with Gasteiger partial charge >= 0.3 is 0 Å². The number of rotatable bonds is 3. The number of piperidine rings is 1. The molecule has 3 rings (SSSR count). The van der Waals surface area contributed by atoms with Crippen molar-refractivity contribution in [3.8, 4) is 0 Å². The van der Waals surface area contributed by atoms with E-state index in [-0.39, 0.29) is 11.8 Å². The number of amides is 2. The van der Waals surface area contributed by atoms with Crippen LogP contribution in [0.25, 0.3) is 0 Å². The maximum Gasteiger partial charge on any atom is 0.226 e. The third kappa shape index (κ3) is 4.83. The number of likely N-dealkylation sites (tertiary alicyclic amines) is 2. The van der Waals surface area contributed by atoms with Crippen LogP contribution in [-0.2, 0) is 16.0 Å². The molecule has 2 aliphatic rings. The molecule has 136 valence electrons. The van der Waals surface area contributed by atoms with E-state index in [2.05, 4.69) is 24.0 Å². The van der Waals surface area contributed by atoms with Gasteiger partial charge in [0.05, 0.1) is 6.42 Å². The van der Waals surface area contributed by atoms with Gasteiger partial charge < -0.3 is 9.80 Å². The second-order valence-corrected chi connectivity index (χ2v) is 7.56. The third-order valence-electron chi connectivity index (χ3n) is 5.59. The number of hydrogen-bond acceptors (Lipinski definition) is 2. The summed E-state index contributed by atoms with van der Waals surface area (Å²) in [6.45, 7) is 5.33. The van der Waals surface area contributed by atoms with Crippen LogP contribution in [0.2, 0.25) is 0 Å². The van der Waals surface area contributed by atoms with Crippen molar-refractivity contribution in [2.24, 2.45) is 5.92 Å². The van der Waals surface area contributed by atoms with Gasteiger partial charge in [-0.25, -0.2) is 0 Å². The van der Waals surface area contributed by atoms with Crippen molar-refractivity contribution in [2.75, 3.05) is 26.2 Å². The number of benzene rings is 1. The Morgan fingerprint density at radius 1 is 0.880 bits per heavy atom. The van der Waals surface area contributed by atoms with Gasteiger partial charge in [0.1, 0.15) is 0 Å². The normalized spacial score (nSPS) is 19.6. The third-order valence-corrected chi connectivity index (χ3v) is 5.59. The molecule has 1 aromatic rings. The highest BCUT2D eigenvalue weighted by Crippen LogP contribution is 2.22. The summed E-state index contributed by atoms with van der Waals surface area (Å²) in [5.41, 5.74) is 2.28. The second-order valence-electron chi connectivity index (χ2n) is 7.56. The monoisotopic (exact) mass is 342 g/mol. The first-order valence-electron chi connectivity index (χ1n) is 9.75. The molecule has 1 aromatic carbocycles. The van der Waals surface area contributed by atoms with E-state index in [0.717, 1.165) is 57.4 Å². The number of nitrogens with zero attached hydrogens (tertiary/aromatic N) is 2. The average molecular weight is 342 g/mol. The van der Waals surface area contributed by atoms with Gasteiger partial charge in [0, 0.05) is 32.1 Å². The van der Waals surface area contributed by atoms with Crippen LogP contribution in [0.1, 0.15) is 49.7 Å². The number of carbonyl (C=O) groups excluding carboxylic acids is 2. The van der Waals surface area contributed by atoms with E-state index in [9.17, 15) is 9.59 Å². The fraction of sp³-hybridized carbons (Fsp3) is 0.619. The molecule has 0 spiro atoms. The molecule has 4 nitrogen and oxygen atoms in total. The van der Waals surface area contributed by atoms with E-state index in [0.29, 0.717) is 12.3 Å². The lowest BCUT2D eigenvalue weighted by molar-refractivity contribution is -0.140. The molecule has 25 heavy (non-hydrogen) atoms. The summed E-state index contributed by atoms with van der Waals surface area (Å²) in [7, 11) is 0. The molecule has 2 saturated heterocycles. The largest absolute Gasteiger partial charge is 0.342 e. The highest BCUT2D eigenvalue weighted by molar-refractivity contribution is 5.81. The highest BCUT2D eigenvalue weighted by Gasteiger charge is 2.30. The van der Waals surface area contributed by atoms with Crippen molar-refractivity contribution in [3.05, 3.63) is 35.4 Å². The fourth-order valence-electron chi connectivity index (χ4n) is 3.92. The Kier molecular flexibility index (Phi) is 6.11. The molecular formula is C21H30N2O2. The number of carbonyl (C=O) groups is 2. The van der Waals surface area contributed by atoms with Crippen molar-refractivity contribution in [1.82, 2.24) is 9.80 Å². The minimum Gasteiger partial charge on any atom is -0.342 e. The minimum atomic E-state index is 0.113. The minimum absolute atomic E-state index is 0.113. The summed E-state index contributed by atoms with van der Waals surface area (Å²) in [6.07, 6.45) is 6.86. The first-order valence-corrected chi connectivity index (χ1v) is 9.75. The lowest BCUT2D eigenvalue weighted by atomic mass is 9.94. The predicted molar refractivity (Wildman–Crippen MR) is 99.2 cm³/mol. The zero-order chi connectivity index (χ0) is 17.6. The summed E-state index contributed by atoms with van der Waals surface area (Å²) in [6, 6.07) is 8.16. The lowest BCUT2D eigenvalue weighted by Gasteiger charge is -2.34. The Morgan fingerprint density at radius 2 is 1.48 bits per heavy atom. The fourth-order valence-corrected chi connectivity index (χ4v) is 3.92. The van der Waals surface area contributed by atoms with E-state index in [4.69, 9.17) is 0 Å². The van der Waals surface area contributed by atoms with Gasteiger partial charge in [-0.3, -0.25) is 9.59 Å². The number of aryl methyl sites for hydroxylation is 1. The summed E-state index contributed by atoms with van der Waals surface area (Å²) in [4.78, 5) is 29.2. The molecule has 2 fully saturated rings. The summed E-state index contributed by atoms with van der Waals surface area (Å²) in [5.74, 6) is 0.624. The van der Waals surface area contributed by atoms with Crippen LogP contribution in [0.15, 0.2) is 24.3 Å². The Labute approximate surface area is 151 Å². The zero-order valence-corrected chi connectivity index (χ0v) is 15.4. The van der Waals surface area contributed by atoms with Crippen molar-refractivity contribution >= 4 is 11.8 Å². The van der Waals surface area contributed by atoms with E-state index < -0.39 is 0 Å². The van der Waals surface area contributed by atoms with Crippen LogP contribution in [0.4, 0.5) is 0 Å². The molecular weight excluding hydrogens is 312 g/mol. The molecule has 0 saturated carbocycles. The van der Waals surface area contributed by atoms with Crippen LogP contribution in [0.5, 0.6) is 0 Å². The lowest BCUT2D eigenvalue weighted by Crippen LogP contribution is -2.45. The van der Waals surface area contributed by atoms with E-state index in [1.807, 2.05) is 17.0 Å². The van der Waals surface area contributed by atoms with Gasteiger partial charge in [-0.2, -0.15) is 0 Å². The van der Waals surface area contributed by atoms with Gasteiger partial charge in [0.15, 0.2) is 0 Å². The molecule has 2 heterocycles. The Bertz CT molecular complexity index is 580. The smallest absolute Gasteiger partial charge is 0.226 e. The maximum atomic E-state index is 12.7. The van der Waals surface area contributed by atoms with Gasteiger partial charge in [0.25, 0.3) is 0 Å². The Morgan fingerprint density at radius 3 is 2.08 bits per heavy atom. The van der Waals surface area contributed by atoms with E-state index >= 15 is 0 Å². The van der Waals surface area contributed by atoms with Crippen molar-refractivity contribution in [3.63, 3.8) is 0 Å². The predicted octanol–water partition coefficient (Wildman–Crippen LogP) is 3.18. The van der Waals surface area contributed by atoms with Gasteiger partial charge in [-0.05, 0) is 38.2 Å². The molecule has 0 N–H and O–H groups in total. The van der Waals surface area contributed by atoms with Crippen LogP contribution in [0.3, 0.4) is 0 Å². The molecule has 0 aromatic heterocycles. The molecule has 2 amide bonds. The Hall–Kier alpha value is -1.84. The quantitative estimate of drug-likeness (QED) is 0.846. The molecule has 0 radical (unpaired) electrons. The van der Waals surface area contributed by atoms with Crippen LogP contribution >= 0.6 is 0 Å². The topological polar surface area (TPSA) is 40.6 Å². The Balaban J connectivity index is 1.48. The van der Waals surface area contributed by atoms with Crippen LogP contribution in [0, 0.1) is 12.8 Å². The average Bonchev–Trinajstić information content (AvgIpc) is 2.92. The van der Waals surface area contributed by atoms with Gasteiger partial charge in [-0.1, -0.05) is 42.7 Å². The molecule has 0 atom stereocenters. The molecule has 0 aliphatic carbocycles. The SMILES string of the molecule is Cc1ccc(CC(=O)N2CCC(C(=O)N3CCCCCC3)CC2)cc1. The molecule has 2 aliphatic heterocycles. The van der Waals surface area contributed by atoms with Crippen molar-refractivity contribution in [1.29, 1.82) is 0 Å². The molecule has 0 unspecified atom stereocenters. The molecule has 0 bridgehead atoms. The maximum absolute atomic E-state index is 12.7. The standard InChI is InChI=1S/C21H30N2O2/c1-17-6-8-18(9-7-17)16-20(24)22-14-10-19(11-15-22)21(25)23-12-4-2-3-5-13-23/h6-9,19H,2-5,10-16H2,1H3. The van der Waals surface area contributed by atoms with Crippen molar-refractivity contribution < 1.29 is 9.59 Å². The highest BCUT2D eigenvalue weighted by atomic mass is 16.2. The first-order chi connectivity index (χ1) is 12.1. The summed E-state index contributed by atoms with van der Waals surface area (Å²) >= 11 is 0. The summed E-state index contributed by atoms with van der Waals surface area (Å²) < 4.78 is 0. The van der Waals surface area contributed by atoms with Crippen molar-refractivity contribution in [2.45, 2.75) is 51.9 Å². The van der Waals surface area contributed by atoms with E-state index in [1.54, 1.807) is 0 Å².